The predicted molar refractivity (Wildman–Crippen MR) is 55.9 cm³/mol. The molecule has 0 aromatic heterocycles. The molecule has 0 aliphatic rings. The summed E-state index contributed by atoms with van der Waals surface area (Å²) in [7, 11) is 0. The lowest BCUT2D eigenvalue weighted by Crippen LogP contribution is -2.43. The minimum absolute atomic E-state index is 0.0283. The Balaban J connectivity index is 4.21. The number of carbonyl (C=O) groups excluding carboxylic acids is 1. The Morgan fingerprint density at radius 3 is 2.53 bits per heavy atom. The number of nitrogens with zero attached hydrogens (tertiary/aromatic N) is 1. The Morgan fingerprint density at radius 2 is 2.07 bits per heavy atom. The number of rotatable bonds is 7. The smallest absolute Gasteiger partial charge is 0.228 e. The van der Waals surface area contributed by atoms with Crippen LogP contribution in [0, 0.1) is 0 Å². The molecule has 0 radical (unpaired) electrons. The van der Waals surface area contributed by atoms with Crippen LogP contribution in [0.25, 0.3) is 0 Å². The molecule has 88 valence electrons. The average molecular weight is 217 g/mol. The third-order valence-electron chi connectivity index (χ3n) is 1.88. The van der Waals surface area contributed by atoms with E-state index in [0.29, 0.717) is 0 Å². The summed E-state index contributed by atoms with van der Waals surface area (Å²) < 4.78 is 0. The van der Waals surface area contributed by atoms with E-state index in [9.17, 15) is 9.90 Å². The fourth-order valence-electron chi connectivity index (χ4n) is 1.11. The normalized spacial score (nSPS) is 13.1. The van der Waals surface area contributed by atoms with Gasteiger partial charge >= 0.3 is 0 Å². The van der Waals surface area contributed by atoms with Crippen molar-refractivity contribution in [3.05, 3.63) is 12.2 Å². The zero-order valence-corrected chi connectivity index (χ0v) is 8.96. The van der Waals surface area contributed by atoms with Gasteiger partial charge in [0.05, 0.1) is 13.2 Å². The summed E-state index contributed by atoms with van der Waals surface area (Å²) >= 11 is 0. The zero-order chi connectivity index (χ0) is 11.7. The molecule has 5 nitrogen and oxygen atoms in total. The Labute approximate surface area is 89.6 Å². The van der Waals surface area contributed by atoms with Crippen LogP contribution in [-0.4, -0.2) is 52.1 Å². The van der Waals surface area contributed by atoms with Crippen LogP contribution < -0.4 is 0 Å². The summed E-state index contributed by atoms with van der Waals surface area (Å²) in [6, 6.07) is 0. The summed E-state index contributed by atoms with van der Waals surface area (Å²) in [5.74, 6) is -0.310. The Morgan fingerprint density at radius 1 is 1.40 bits per heavy atom. The first-order valence-corrected chi connectivity index (χ1v) is 5.01. The topological polar surface area (TPSA) is 81.0 Å². The van der Waals surface area contributed by atoms with E-state index >= 15 is 0 Å². The van der Waals surface area contributed by atoms with Crippen LogP contribution in [0.2, 0.25) is 0 Å². The maximum absolute atomic E-state index is 11.5. The maximum atomic E-state index is 11.5. The first-order valence-electron chi connectivity index (χ1n) is 5.01. The number of hydrogen-bond donors (Lipinski definition) is 3. The fourth-order valence-corrected chi connectivity index (χ4v) is 1.11. The van der Waals surface area contributed by atoms with Gasteiger partial charge in [0.25, 0.3) is 0 Å². The van der Waals surface area contributed by atoms with E-state index in [1.54, 1.807) is 6.08 Å². The van der Waals surface area contributed by atoms with Gasteiger partial charge in [-0.3, -0.25) is 4.79 Å². The summed E-state index contributed by atoms with van der Waals surface area (Å²) in [5, 5.41) is 26.7. The van der Waals surface area contributed by atoms with Gasteiger partial charge in [-0.2, -0.15) is 0 Å². The lowest BCUT2D eigenvalue weighted by molar-refractivity contribution is -0.144. The van der Waals surface area contributed by atoms with Gasteiger partial charge < -0.3 is 20.2 Å². The van der Waals surface area contributed by atoms with Gasteiger partial charge in [-0.05, 0) is 6.42 Å². The van der Waals surface area contributed by atoms with Gasteiger partial charge in [-0.1, -0.05) is 19.1 Å². The summed E-state index contributed by atoms with van der Waals surface area (Å²) in [6.07, 6.45) is 3.33. The molecule has 0 heterocycles. The first kappa shape index (κ1) is 14.1. The van der Waals surface area contributed by atoms with Crippen LogP contribution >= 0.6 is 0 Å². The summed E-state index contributed by atoms with van der Waals surface area (Å²) in [4.78, 5) is 12.6. The number of carbonyl (C=O) groups is 1. The lowest BCUT2D eigenvalue weighted by atomic mass is 10.3. The molecule has 15 heavy (non-hydrogen) atoms. The highest BCUT2D eigenvalue weighted by Crippen LogP contribution is 2.00. The minimum Gasteiger partial charge on any atom is -0.395 e. The summed E-state index contributed by atoms with van der Waals surface area (Å²) in [6.45, 7) is 1.22. The van der Waals surface area contributed by atoms with Crippen molar-refractivity contribution >= 4 is 5.91 Å². The predicted octanol–water partition coefficient (Wildman–Crippen LogP) is -0.526. The molecular weight excluding hydrogens is 198 g/mol. The van der Waals surface area contributed by atoms with Crippen LogP contribution in [0.15, 0.2) is 12.2 Å². The maximum Gasteiger partial charge on any atom is 0.228 e. The average Bonchev–Trinajstić information content (AvgIpc) is 2.25. The van der Waals surface area contributed by atoms with Crippen LogP contribution in [0.3, 0.4) is 0 Å². The quantitative estimate of drug-likeness (QED) is 0.396. The number of aliphatic hydroxyl groups excluding tert-OH is 3. The monoisotopic (exact) mass is 217 g/mol. The second-order valence-corrected chi connectivity index (χ2v) is 3.06. The molecule has 0 saturated heterocycles. The van der Waals surface area contributed by atoms with Gasteiger partial charge in [0.1, 0.15) is 0 Å². The molecule has 0 aliphatic heterocycles. The second kappa shape index (κ2) is 8.40. The molecule has 5 heteroatoms. The minimum atomic E-state index is -1.24. The fraction of sp³-hybridized carbons (Fsp3) is 0.700. The molecule has 1 amide bonds. The van der Waals surface area contributed by atoms with Crippen molar-refractivity contribution in [1.82, 2.24) is 4.90 Å². The highest BCUT2D eigenvalue weighted by atomic mass is 16.3. The van der Waals surface area contributed by atoms with E-state index in [0.717, 1.165) is 11.3 Å². The van der Waals surface area contributed by atoms with E-state index < -0.39 is 12.8 Å². The van der Waals surface area contributed by atoms with Crippen LogP contribution in [0.4, 0.5) is 0 Å². The van der Waals surface area contributed by atoms with E-state index in [1.165, 1.54) is 0 Å². The van der Waals surface area contributed by atoms with Crippen LogP contribution in [0.5, 0.6) is 0 Å². The molecule has 0 fully saturated rings. The van der Waals surface area contributed by atoms with Crippen molar-refractivity contribution < 1.29 is 20.1 Å². The number of allylic oxidation sites excluding steroid dienone is 1. The van der Waals surface area contributed by atoms with Crippen LogP contribution in [-0.2, 0) is 4.79 Å². The van der Waals surface area contributed by atoms with E-state index in [2.05, 4.69) is 0 Å². The van der Waals surface area contributed by atoms with Crippen molar-refractivity contribution in [2.24, 2.45) is 0 Å². The molecule has 0 spiro atoms. The van der Waals surface area contributed by atoms with Crippen molar-refractivity contribution in [3.63, 3.8) is 0 Å². The molecule has 1 atom stereocenters. The van der Waals surface area contributed by atoms with Gasteiger partial charge in [0.2, 0.25) is 5.91 Å². The third kappa shape index (κ3) is 5.51. The molecule has 0 bridgehead atoms. The van der Waals surface area contributed by atoms with E-state index in [4.69, 9.17) is 10.2 Å². The molecule has 0 aliphatic carbocycles. The Bertz CT molecular complexity index is 206. The van der Waals surface area contributed by atoms with Crippen molar-refractivity contribution in [1.29, 1.82) is 0 Å². The Hall–Kier alpha value is -0.910. The van der Waals surface area contributed by atoms with Gasteiger partial charge in [-0.15, -0.1) is 0 Å². The van der Waals surface area contributed by atoms with Gasteiger partial charge in [0.15, 0.2) is 6.23 Å². The largest absolute Gasteiger partial charge is 0.395 e. The third-order valence-corrected chi connectivity index (χ3v) is 1.88. The SMILES string of the molecule is CC/C=C\CC(=O)N(CCO)C(O)CO. The number of amides is 1. The second-order valence-electron chi connectivity index (χ2n) is 3.06. The molecule has 0 rings (SSSR count). The highest BCUT2D eigenvalue weighted by molar-refractivity contribution is 5.77. The molecular formula is C10H19NO4. The van der Waals surface area contributed by atoms with Crippen molar-refractivity contribution in [2.75, 3.05) is 19.8 Å². The summed E-state index contributed by atoms with van der Waals surface area (Å²) in [5.41, 5.74) is 0. The molecule has 0 aromatic rings. The standard InChI is InChI=1S/C10H19NO4/c1-2-3-4-5-9(14)11(6-7-12)10(15)8-13/h3-4,10,12-13,15H,2,5-8H2,1H3/b4-3-. The van der Waals surface area contributed by atoms with E-state index in [-0.39, 0.29) is 25.5 Å². The van der Waals surface area contributed by atoms with Crippen molar-refractivity contribution in [2.45, 2.75) is 26.0 Å². The number of aliphatic hydroxyl groups is 3. The number of hydrogen-bond acceptors (Lipinski definition) is 4. The van der Waals surface area contributed by atoms with Gasteiger partial charge in [0, 0.05) is 13.0 Å². The zero-order valence-electron chi connectivity index (χ0n) is 8.96. The molecule has 0 saturated carbocycles. The Kier molecular flexibility index (Phi) is 7.89. The van der Waals surface area contributed by atoms with E-state index in [1.807, 2.05) is 13.0 Å². The molecule has 3 N–H and O–H groups in total. The molecule has 0 aromatic carbocycles. The van der Waals surface area contributed by atoms with Gasteiger partial charge in [-0.25, -0.2) is 0 Å². The first-order chi connectivity index (χ1) is 7.17. The lowest BCUT2D eigenvalue weighted by Gasteiger charge is -2.25. The van der Waals surface area contributed by atoms with Crippen LogP contribution in [0.1, 0.15) is 19.8 Å². The highest BCUT2D eigenvalue weighted by Gasteiger charge is 2.18. The molecule has 1 unspecified atom stereocenters. The van der Waals surface area contributed by atoms with Crippen molar-refractivity contribution in [3.8, 4) is 0 Å².